The van der Waals surface area contributed by atoms with E-state index in [1.54, 1.807) is 0 Å². The second-order valence-electron chi connectivity index (χ2n) is 10.6. The van der Waals surface area contributed by atoms with Gasteiger partial charge in [-0.05, 0) is 66.0 Å². The molecule has 2 saturated carbocycles. The minimum atomic E-state index is -0.223. The second kappa shape index (κ2) is 8.09. The van der Waals surface area contributed by atoms with Gasteiger partial charge in [-0.25, -0.2) is 4.39 Å². The quantitative estimate of drug-likeness (QED) is 0.454. The van der Waals surface area contributed by atoms with Crippen LogP contribution in [0.2, 0.25) is 0 Å². The summed E-state index contributed by atoms with van der Waals surface area (Å²) in [5.41, 5.74) is 2.37. The van der Waals surface area contributed by atoms with Crippen LogP contribution in [0.1, 0.15) is 90.7 Å². The third-order valence-electron chi connectivity index (χ3n) is 8.97. The molecule has 0 aromatic heterocycles. The third kappa shape index (κ3) is 3.61. The zero-order valence-corrected chi connectivity index (χ0v) is 19.1. The molecule has 1 aliphatic heterocycles. The van der Waals surface area contributed by atoms with Crippen LogP contribution in [0.15, 0.2) is 29.4 Å². The largest absolute Gasteiger partial charge is 0.293 e. The summed E-state index contributed by atoms with van der Waals surface area (Å²) in [7, 11) is 0. The predicted octanol–water partition coefficient (Wildman–Crippen LogP) is 6.54. The maximum absolute atomic E-state index is 13.4. The normalized spacial score (nSPS) is 32.0. The van der Waals surface area contributed by atoms with Gasteiger partial charge in [0.05, 0.1) is 6.04 Å². The topological polar surface area (TPSA) is 32.7 Å². The third-order valence-corrected chi connectivity index (χ3v) is 8.97. The highest BCUT2D eigenvalue weighted by molar-refractivity contribution is 6.40. The van der Waals surface area contributed by atoms with E-state index in [1.807, 2.05) is 12.1 Å². The molecular formula is C26H37FN2O. The van der Waals surface area contributed by atoms with Crippen molar-refractivity contribution in [2.24, 2.45) is 27.8 Å². The summed E-state index contributed by atoms with van der Waals surface area (Å²) in [4.78, 5) is 13.3. The van der Waals surface area contributed by atoms with Crippen molar-refractivity contribution in [3.8, 4) is 0 Å². The Hall–Kier alpha value is -1.71. The van der Waals surface area contributed by atoms with Gasteiger partial charge in [-0.3, -0.25) is 9.80 Å². The van der Waals surface area contributed by atoms with Crippen LogP contribution in [0, 0.1) is 28.5 Å². The number of hydrogen-bond acceptors (Lipinski definition) is 3. The van der Waals surface area contributed by atoms with Crippen LogP contribution < -0.4 is 0 Å². The minimum absolute atomic E-state index is 0.0495. The molecule has 4 atom stereocenters. The summed E-state index contributed by atoms with van der Waals surface area (Å²) in [5, 5.41) is 6.90. The van der Waals surface area contributed by atoms with Gasteiger partial charge in [0, 0.05) is 19.4 Å². The fraction of sp³-hybridized carbons (Fsp3) is 0.692. The molecule has 0 amide bonds. The maximum Gasteiger partial charge on any atom is 0.179 e. The molecule has 0 radical (unpaired) electrons. The molecule has 0 saturated heterocycles. The van der Waals surface area contributed by atoms with Crippen LogP contribution in [0.25, 0.3) is 0 Å². The van der Waals surface area contributed by atoms with Gasteiger partial charge in [0.25, 0.3) is 0 Å². The van der Waals surface area contributed by atoms with Crippen LogP contribution in [0.5, 0.6) is 0 Å². The van der Waals surface area contributed by atoms with E-state index in [0.717, 1.165) is 43.0 Å². The summed E-state index contributed by atoms with van der Waals surface area (Å²) in [6.07, 6.45) is 8.40. The van der Waals surface area contributed by atoms with Gasteiger partial charge < -0.3 is 0 Å². The number of rotatable bonds is 8. The molecule has 3 nitrogen and oxygen atoms in total. The van der Waals surface area contributed by atoms with E-state index in [-0.39, 0.29) is 23.1 Å². The number of ketones is 1. The molecule has 0 N–H and O–H groups in total. The van der Waals surface area contributed by atoms with E-state index in [9.17, 15) is 9.18 Å². The fourth-order valence-corrected chi connectivity index (χ4v) is 6.45. The number of carbonyl (C=O) groups is 1. The lowest BCUT2D eigenvalue weighted by molar-refractivity contribution is -0.115. The van der Waals surface area contributed by atoms with Crippen molar-refractivity contribution in [2.75, 3.05) is 6.54 Å². The van der Waals surface area contributed by atoms with Crippen molar-refractivity contribution in [3.05, 3.63) is 35.6 Å². The Balaban J connectivity index is 1.48. The van der Waals surface area contributed by atoms with Crippen molar-refractivity contribution in [1.29, 1.82) is 0 Å². The SMILES string of the molecule is CCCCCN1N=C(C(=O)C[C@H]2C[C@@H]3CC[C@]2(C)C3(C)C)CC1c1ccc(F)cc1. The molecule has 1 unspecified atom stereocenters. The second-order valence-corrected chi connectivity index (χ2v) is 10.6. The van der Waals surface area contributed by atoms with Gasteiger partial charge in [-0.2, -0.15) is 5.10 Å². The predicted molar refractivity (Wildman–Crippen MR) is 120 cm³/mol. The molecule has 2 bridgehead atoms. The Morgan fingerprint density at radius 2 is 1.93 bits per heavy atom. The van der Waals surface area contributed by atoms with Gasteiger partial charge in [-0.15, -0.1) is 0 Å². The molecule has 1 heterocycles. The zero-order chi connectivity index (χ0) is 21.5. The Morgan fingerprint density at radius 1 is 1.20 bits per heavy atom. The van der Waals surface area contributed by atoms with Crippen molar-refractivity contribution < 1.29 is 9.18 Å². The summed E-state index contributed by atoms with van der Waals surface area (Å²) in [6, 6.07) is 6.76. The molecule has 3 aliphatic rings. The van der Waals surface area contributed by atoms with E-state index in [0.29, 0.717) is 24.2 Å². The highest BCUT2D eigenvalue weighted by atomic mass is 19.1. The fourth-order valence-electron chi connectivity index (χ4n) is 6.45. The lowest BCUT2D eigenvalue weighted by Gasteiger charge is -2.39. The zero-order valence-electron chi connectivity index (χ0n) is 19.1. The molecule has 164 valence electrons. The smallest absolute Gasteiger partial charge is 0.179 e. The molecular weight excluding hydrogens is 375 g/mol. The van der Waals surface area contributed by atoms with Gasteiger partial charge in [0.2, 0.25) is 0 Å². The van der Waals surface area contributed by atoms with Crippen molar-refractivity contribution >= 4 is 11.5 Å². The van der Waals surface area contributed by atoms with Crippen LogP contribution in [-0.2, 0) is 4.79 Å². The number of unbranched alkanes of at least 4 members (excludes halogenated alkanes) is 2. The van der Waals surface area contributed by atoms with E-state index < -0.39 is 0 Å². The molecule has 1 aromatic rings. The molecule has 0 spiro atoms. The van der Waals surface area contributed by atoms with E-state index in [1.165, 1.54) is 31.4 Å². The van der Waals surface area contributed by atoms with Crippen molar-refractivity contribution in [2.45, 2.75) is 85.1 Å². The highest BCUT2D eigenvalue weighted by Crippen LogP contribution is 2.68. The minimum Gasteiger partial charge on any atom is -0.293 e. The lowest BCUT2D eigenvalue weighted by atomic mass is 9.65. The molecule has 1 aromatic carbocycles. The Morgan fingerprint density at radius 3 is 2.53 bits per heavy atom. The van der Waals surface area contributed by atoms with Crippen LogP contribution in [0.4, 0.5) is 4.39 Å². The summed E-state index contributed by atoms with van der Waals surface area (Å²) < 4.78 is 13.4. The standard InChI is InChI=1S/C26H37FN2O/c1-5-6-7-14-29-23(18-8-10-21(27)11-9-18)17-22(28-29)24(30)16-20-15-19-12-13-26(20,4)25(19,2)3/h8-11,19-20,23H,5-7,12-17H2,1-4H3/t19-,20+,23?,26-/m0/s1. The summed E-state index contributed by atoms with van der Waals surface area (Å²) in [5.74, 6) is 1.23. The number of nitrogens with zero attached hydrogens (tertiary/aromatic N) is 2. The van der Waals surface area contributed by atoms with Gasteiger partial charge >= 0.3 is 0 Å². The van der Waals surface area contributed by atoms with E-state index in [4.69, 9.17) is 5.10 Å². The average molecular weight is 413 g/mol. The number of hydrogen-bond donors (Lipinski definition) is 0. The average Bonchev–Trinajstić information content (AvgIpc) is 3.29. The molecule has 4 rings (SSSR count). The number of Topliss-reactive ketones (excluding diaryl/α,β-unsaturated/α-hetero) is 1. The van der Waals surface area contributed by atoms with Crippen LogP contribution in [0.3, 0.4) is 0 Å². The first-order valence-electron chi connectivity index (χ1n) is 11.9. The van der Waals surface area contributed by atoms with Gasteiger partial charge in [0.1, 0.15) is 11.5 Å². The Kier molecular flexibility index (Phi) is 5.80. The molecule has 2 fully saturated rings. The number of halogens is 1. The Labute approximate surface area is 181 Å². The van der Waals surface area contributed by atoms with Gasteiger partial charge in [0.15, 0.2) is 5.78 Å². The molecule has 2 aliphatic carbocycles. The number of fused-ring (bicyclic) bond motifs is 2. The first-order valence-corrected chi connectivity index (χ1v) is 11.9. The lowest BCUT2D eigenvalue weighted by Crippen LogP contribution is -2.34. The van der Waals surface area contributed by atoms with E-state index in [2.05, 4.69) is 32.7 Å². The van der Waals surface area contributed by atoms with Crippen molar-refractivity contribution in [3.63, 3.8) is 0 Å². The van der Waals surface area contributed by atoms with Gasteiger partial charge in [-0.1, -0.05) is 52.7 Å². The summed E-state index contributed by atoms with van der Waals surface area (Å²) in [6.45, 7) is 10.3. The monoisotopic (exact) mass is 412 g/mol. The maximum atomic E-state index is 13.4. The first-order chi connectivity index (χ1) is 14.3. The molecule has 4 heteroatoms. The Bertz CT molecular complexity index is 815. The van der Waals surface area contributed by atoms with Crippen molar-refractivity contribution in [1.82, 2.24) is 5.01 Å². The van der Waals surface area contributed by atoms with Crippen LogP contribution >= 0.6 is 0 Å². The van der Waals surface area contributed by atoms with Crippen LogP contribution in [-0.4, -0.2) is 23.0 Å². The van der Waals surface area contributed by atoms with E-state index >= 15 is 0 Å². The first kappa shape index (κ1) is 21.5. The highest BCUT2D eigenvalue weighted by Gasteiger charge is 2.61. The number of hydrazone groups is 1. The number of carbonyl (C=O) groups excluding carboxylic acids is 1. The molecule has 30 heavy (non-hydrogen) atoms. The summed E-state index contributed by atoms with van der Waals surface area (Å²) >= 11 is 0. The number of benzene rings is 1.